The zero-order valence-corrected chi connectivity index (χ0v) is 16.0. The maximum Gasteiger partial charge on any atom is 0.262 e. The van der Waals surface area contributed by atoms with Crippen LogP contribution in [0.25, 0.3) is 0 Å². The molecular formula is C18H19IN2O3. The smallest absolute Gasteiger partial charge is 0.262 e. The van der Waals surface area contributed by atoms with Crippen LogP contribution in [0.5, 0.6) is 5.75 Å². The highest BCUT2D eigenvalue weighted by Gasteiger charge is 2.09. The summed E-state index contributed by atoms with van der Waals surface area (Å²) in [5.74, 6) is 0.363. The molecule has 0 heterocycles. The van der Waals surface area contributed by atoms with Crippen LogP contribution in [-0.2, 0) is 4.79 Å². The summed E-state index contributed by atoms with van der Waals surface area (Å²) in [5, 5.41) is 2.75. The van der Waals surface area contributed by atoms with Gasteiger partial charge in [-0.25, -0.2) is 0 Å². The molecule has 2 amide bonds. The Kier molecular flexibility index (Phi) is 6.19. The minimum absolute atomic E-state index is 0.0716. The van der Waals surface area contributed by atoms with Gasteiger partial charge in [0.25, 0.3) is 11.8 Å². The van der Waals surface area contributed by atoms with Crippen molar-refractivity contribution < 1.29 is 14.3 Å². The van der Waals surface area contributed by atoms with Crippen molar-refractivity contribution in [1.29, 1.82) is 0 Å². The molecule has 24 heavy (non-hydrogen) atoms. The quantitative estimate of drug-likeness (QED) is 0.729. The fourth-order valence-corrected chi connectivity index (χ4v) is 2.51. The number of carbonyl (C=O) groups is 2. The maximum absolute atomic E-state index is 12.0. The number of hydrogen-bond acceptors (Lipinski definition) is 3. The van der Waals surface area contributed by atoms with Crippen LogP contribution in [0.2, 0.25) is 0 Å². The molecule has 1 N–H and O–H groups in total. The first-order valence-corrected chi connectivity index (χ1v) is 8.45. The van der Waals surface area contributed by atoms with Crippen molar-refractivity contribution in [3.63, 3.8) is 0 Å². The molecule has 0 fully saturated rings. The average Bonchev–Trinajstić information content (AvgIpc) is 2.55. The second-order valence-electron chi connectivity index (χ2n) is 5.55. The lowest BCUT2D eigenvalue weighted by Gasteiger charge is -2.11. The number of ether oxygens (including phenoxy) is 1. The van der Waals surface area contributed by atoms with Gasteiger partial charge in [-0.2, -0.15) is 0 Å². The first-order chi connectivity index (χ1) is 11.4. The fourth-order valence-electron chi connectivity index (χ4n) is 2.02. The number of carbonyl (C=O) groups excluding carboxylic acids is 2. The highest BCUT2D eigenvalue weighted by Crippen LogP contribution is 2.22. The Morgan fingerprint density at radius 3 is 2.42 bits per heavy atom. The number of benzene rings is 2. The molecule has 2 rings (SSSR count). The van der Waals surface area contributed by atoms with Crippen LogP contribution in [-0.4, -0.2) is 37.4 Å². The van der Waals surface area contributed by atoms with Crippen LogP contribution < -0.4 is 10.1 Å². The van der Waals surface area contributed by atoms with Gasteiger partial charge in [-0.3, -0.25) is 9.59 Å². The molecule has 5 nitrogen and oxygen atoms in total. The molecule has 0 radical (unpaired) electrons. The number of amides is 2. The molecule has 0 unspecified atom stereocenters. The molecule has 0 atom stereocenters. The van der Waals surface area contributed by atoms with E-state index in [9.17, 15) is 9.59 Å². The third-order valence-corrected chi connectivity index (χ3v) is 4.16. The number of nitrogens with one attached hydrogen (secondary N) is 1. The summed E-state index contributed by atoms with van der Waals surface area (Å²) in [5.41, 5.74) is 2.27. The van der Waals surface area contributed by atoms with Gasteiger partial charge in [0, 0.05) is 25.3 Å². The van der Waals surface area contributed by atoms with Gasteiger partial charge in [-0.05, 0) is 71.5 Å². The van der Waals surface area contributed by atoms with Crippen LogP contribution in [0.1, 0.15) is 15.9 Å². The minimum atomic E-state index is -0.251. The number of nitrogens with zero attached hydrogens (tertiary/aromatic N) is 1. The van der Waals surface area contributed by atoms with E-state index < -0.39 is 0 Å². The third-order valence-electron chi connectivity index (χ3n) is 3.27. The topological polar surface area (TPSA) is 58.6 Å². The molecule has 2 aromatic rings. The van der Waals surface area contributed by atoms with E-state index in [4.69, 9.17) is 4.74 Å². The summed E-state index contributed by atoms with van der Waals surface area (Å²) in [7, 11) is 3.39. The van der Waals surface area contributed by atoms with Crippen LogP contribution in [0.3, 0.4) is 0 Å². The zero-order chi connectivity index (χ0) is 17.7. The Morgan fingerprint density at radius 1 is 1.12 bits per heavy atom. The first-order valence-electron chi connectivity index (χ1n) is 7.37. The van der Waals surface area contributed by atoms with E-state index in [-0.39, 0.29) is 18.4 Å². The molecular weight excluding hydrogens is 419 g/mol. The molecule has 0 aliphatic carbocycles. The maximum atomic E-state index is 12.0. The molecule has 6 heteroatoms. The fraction of sp³-hybridized carbons (Fsp3) is 0.222. The highest BCUT2D eigenvalue weighted by molar-refractivity contribution is 14.1. The van der Waals surface area contributed by atoms with E-state index in [0.717, 1.165) is 9.13 Å². The SMILES string of the molecule is Cc1ccc(I)c(OCC(=O)Nc2ccc(C(=O)N(C)C)cc2)c1. The highest BCUT2D eigenvalue weighted by atomic mass is 127. The van der Waals surface area contributed by atoms with Crippen molar-refractivity contribution in [3.05, 3.63) is 57.2 Å². The first kappa shape index (κ1) is 18.3. The van der Waals surface area contributed by atoms with Crippen LogP contribution >= 0.6 is 22.6 Å². The van der Waals surface area contributed by atoms with E-state index in [1.807, 2.05) is 25.1 Å². The van der Waals surface area contributed by atoms with Crippen LogP contribution in [0.15, 0.2) is 42.5 Å². The number of aryl methyl sites for hydroxylation is 1. The Labute approximate surface area is 155 Å². The molecule has 0 saturated carbocycles. The molecule has 0 spiro atoms. The minimum Gasteiger partial charge on any atom is -0.483 e. The van der Waals surface area contributed by atoms with Crippen molar-refractivity contribution >= 4 is 40.1 Å². The predicted octanol–water partition coefficient (Wildman–Crippen LogP) is 3.32. The molecule has 0 aromatic heterocycles. The zero-order valence-electron chi connectivity index (χ0n) is 13.8. The monoisotopic (exact) mass is 438 g/mol. The van der Waals surface area contributed by atoms with E-state index in [1.54, 1.807) is 38.4 Å². The van der Waals surface area contributed by atoms with E-state index in [0.29, 0.717) is 17.0 Å². The second-order valence-corrected chi connectivity index (χ2v) is 6.71. The summed E-state index contributed by atoms with van der Waals surface area (Å²) in [6, 6.07) is 12.6. The van der Waals surface area contributed by atoms with Gasteiger partial charge in [-0.1, -0.05) is 6.07 Å². The van der Waals surface area contributed by atoms with Crippen molar-refractivity contribution in [2.45, 2.75) is 6.92 Å². The Hall–Kier alpha value is -2.09. The number of halogens is 1. The number of anilines is 1. The Morgan fingerprint density at radius 2 is 1.79 bits per heavy atom. The van der Waals surface area contributed by atoms with E-state index >= 15 is 0 Å². The normalized spacial score (nSPS) is 10.2. The average molecular weight is 438 g/mol. The number of rotatable bonds is 5. The molecule has 0 aliphatic heterocycles. The summed E-state index contributed by atoms with van der Waals surface area (Å²) >= 11 is 2.17. The van der Waals surface area contributed by atoms with Gasteiger partial charge in [0.15, 0.2) is 6.61 Å². The molecule has 126 valence electrons. The molecule has 0 bridgehead atoms. The second kappa shape index (κ2) is 8.14. The summed E-state index contributed by atoms with van der Waals surface area (Å²) in [6.07, 6.45) is 0. The Balaban J connectivity index is 1.92. The van der Waals surface area contributed by atoms with Crippen molar-refractivity contribution in [1.82, 2.24) is 4.90 Å². The largest absolute Gasteiger partial charge is 0.483 e. The lowest BCUT2D eigenvalue weighted by atomic mass is 10.2. The van der Waals surface area contributed by atoms with Gasteiger partial charge in [0.1, 0.15) is 5.75 Å². The molecule has 2 aromatic carbocycles. The van der Waals surface area contributed by atoms with Gasteiger partial charge >= 0.3 is 0 Å². The summed E-state index contributed by atoms with van der Waals surface area (Å²) in [4.78, 5) is 25.3. The van der Waals surface area contributed by atoms with Gasteiger partial charge in [0.05, 0.1) is 3.57 Å². The number of hydrogen-bond donors (Lipinski definition) is 1. The van der Waals surface area contributed by atoms with E-state index in [2.05, 4.69) is 27.9 Å². The third kappa shape index (κ3) is 4.95. The van der Waals surface area contributed by atoms with Crippen LogP contribution in [0.4, 0.5) is 5.69 Å². The summed E-state index contributed by atoms with van der Waals surface area (Å²) in [6.45, 7) is 1.90. The van der Waals surface area contributed by atoms with Gasteiger partial charge in [-0.15, -0.1) is 0 Å². The Bertz CT molecular complexity index is 742. The van der Waals surface area contributed by atoms with Gasteiger partial charge < -0.3 is 15.0 Å². The molecule has 0 aliphatic rings. The lowest BCUT2D eigenvalue weighted by molar-refractivity contribution is -0.118. The van der Waals surface area contributed by atoms with Crippen molar-refractivity contribution in [3.8, 4) is 5.75 Å². The van der Waals surface area contributed by atoms with E-state index in [1.165, 1.54) is 4.90 Å². The predicted molar refractivity (Wildman–Crippen MR) is 102 cm³/mol. The van der Waals surface area contributed by atoms with Crippen LogP contribution in [0, 0.1) is 10.5 Å². The van der Waals surface area contributed by atoms with Gasteiger partial charge in [0.2, 0.25) is 0 Å². The lowest BCUT2D eigenvalue weighted by Crippen LogP contribution is -2.22. The van der Waals surface area contributed by atoms with Crippen molar-refractivity contribution in [2.24, 2.45) is 0 Å². The summed E-state index contributed by atoms with van der Waals surface area (Å²) < 4.78 is 6.52. The standard InChI is InChI=1S/C18H19IN2O3/c1-12-4-9-15(19)16(10-12)24-11-17(22)20-14-7-5-13(6-8-14)18(23)21(2)3/h4-10H,11H2,1-3H3,(H,20,22). The van der Waals surface area contributed by atoms with Crippen molar-refractivity contribution in [2.75, 3.05) is 26.0 Å². The molecule has 0 saturated heterocycles.